The number of benzene rings is 2. The Kier molecular flexibility index (Phi) is 6.56. The number of rotatable bonds is 6. The molecule has 0 saturated heterocycles. The normalized spacial score (nSPS) is 11.6. The first kappa shape index (κ1) is 19.8. The molecule has 1 N–H and O–H groups in total. The summed E-state index contributed by atoms with van der Waals surface area (Å²) < 4.78 is 39.0. The highest BCUT2D eigenvalue weighted by Gasteiger charge is 2.20. The van der Waals surface area contributed by atoms with Crippen molar-refractivity contribution in [2.45, 2.75) is 6.54 Å². The lowest BCUT2D eigenvalue weighted by molar-refractivity contribution is -0.116. The Morgan fingerprint density at radius 3 is 2.44 bits per heavy atom. The van der Waals surface area contributed by atoms with Crippen LogP contribution in [0.15, 0.2) is 46.9 Å². The van der Waals surface area contributed by atoms with Crippen LogP contribution in [-0.4, -0.2) is 31.4 Å². The van der Waals surface area contributed by atoms with Gasteiger partial charge in [-0.2, -0.15) is 4.31 Å². The molecule has 0 aliphatic carbocycles. The average Bonchev–Trinajstić information content (AvgIpc) is 2.51. The molecule has 0 aromatic heterocycles. The summed E-state index contributed by atoms with van der Waals surface area (Å²) in [6, 6.07) is 10.8. The summed E-state index contributed by atoms with van der Waals surface area (Å²) in [5.74, 6) is -1.15. The smallest absolute Gasteiger partial charge is 0.239 e. The number of carbonyl (C=O) groups excluding carboxylic acids is 1. The van der Waals surface area contributed by atoms with Gasteiger partial charge in [0.1, 0.15) is 5.82 Å². The van der Waals surface area contributed by atoms with Gasteiger partial charge in [0.05, 0.1) is 17.8 Å². The molecule has 0 saturated carbocycles. The van der Waals surface area contributed by atoms with Crippen LogP contribution in [0, 0.1) is 5.82 Å². The van der Waals surface area contributed by atoms with Crippen molar-refractivity contribution >= 4 is 49.1 Å². The van der Waals surface area contributed by atoms with Gasteiger partial charge in [0, 0.05) is 16.7 Å². The third-order valence-corrected chi connectivity index (χ3v) is 5.28. The number of anilines is 1. The van der Waals surface area contributed by atoms with Crippen LogP contribution < -0.4 is 5.32 Å². The van der Waals surface area contributed by atoms with E-state index in [1.807, 2.05) is 0 Å². The van der Waals surface area contributed by atoms with E-state index in [1.54, 1.807) is 24.3 Å². The van der Waals surface area contributed by atoms with E-state index in [0.29, 0.717) is 0 Å². The van der Waals surface area contributed by atoms with Gasteiger partial charge in [-0.1, -0.05) is 39.7 Å². The lowest BCUT2D eigenvalue weighted by atomic mass is 10.2. The van der Waals surface area contributed by atoms with Crippen LogP contribution in [0.5, 0.6) is 0 Å². The summed E-state index contributed by atoms with van der Waals surface area (Å²) in [7, 11) is -3.60. The zero-order valence-electron chi connectivity index (χ0n) is 13.2. The van der Waals surface area contributed by atoms with Crippen LogP contribution in [0.1, 0.15) is 5.56 Å². The number of halogens is 3. The second kappa shape index (κ2) is 8.27. The molecular formula is C16H15BrClFN2O3S. The van der Waals surface area contributed by atoms with E-state index in [9.17, 15) is 17.6 Å². The van der Waals surface area contributed by atoms with Gasteiger partial charge in [-0.15, -0.1) is 0 Å². The predicted octanol–water partition coefficient (Wildman–Crippen LogP) is 3.64. The molecule has 9 heteroatoms. The van der Waals surface area contributed by atoms with Gasteiger partial charge < -0.3 is 5.32 Å². The second-order valence-corrected chi connectivity index (χ2v) is 8.64. The predicted molar refractivity (Wildman–Crippen MR) is 99.4 cm³/mol. The van der Waals surface area contributed by atoms with Crippen LogP contribution >= 0.6 is 27.5 Å². The first-order chi connectivity index (χ1) is 11.6. The van der Waals surface area contributed by atoms with Gasteiger partial charge >= 0.3 is 0 Å². The Morgan fingerprint density at radius 1 is 1.24 bits per heavy atom. The van der Waals surface area contributed by atoms with Crippen LogP contribution in [0.4, 0.5) is 10.1 Å². The summed E-state index contributed by atoms with van der Waals surface area (Å²) in [5.41, 5.74) is 1.03. The third-order valence-electron chi connectivity index (χ3n) is 3.26. The average molecular weight is 450 g/mol. The van der Waals surface area contributed by atoms with Gasteiger partial charge in [0.2, 0.25) is 15.9 Å². The quantitative estimate of drug-likeness (QED) is 0.732. The highest BCUT2D eigenvalue weighted by atomic mass is 79.9. The van der Waals surface area contributed by atoms with Gasteiger partial charge in [0.15, 0.2) is 0 Å². The van der Waals surface area contributed by atoms with Crippen molar-refractivity contribution in [3.05, 3.63) is 63.3 Å². The number of hydrogen-bond acceptors (Lipinski definition) is 3. The molecule has 1 amide bonds. The minimum absolute atomic E-state index is 0.0592. The first-order valence-corrected chi connectivity index (χ1v) is 10.1. The topological polar surface area (TPSA) is 66.5 Å². The van der Waals surface area contributed by atoms with Gasteiger partial charge in [-0.05, 0) is 35.9 Å². The molecule has 0 aliphatic rings. The molecule has 25 heavy (non-hydrogen) atoms. The van der Waals surface area contributed by atoms with Crippen molar-refractivity contribution in [3.8, 4) is 0 Å². The van der Waals surface area contributed by atoms with Crippen LogP contribution in [0.25, 0.3) is 0 Å². The summed E-state index contributed by atoms with van der Waals surface area (Å²) in [4.78, 5) is 12.1. The molecule has 0 radical (unpaired) electrons. The van der Waals surface area contributed by atoms with Crippen molar-refractivity contribution in [2.24, 2.45) is 0 Å². The van der Waals surface area contributed by atoms with E-state index in [2.05, 4.69) is 21.2 Å². The summed E-state index contributed by atoms with van der Waals surface area (Å²) in [6.45, 7) is -0.312. The van der Waals surface area contributed by atoms with Crippen molar-refractivity contribution in [1.82, 2.24) is 4.31 Å². The summed E-state index contributed by atoms with van der Waals surface area (Å²) in [5, 5.41) is 2.37. The minimum Gasteiger partial charge on any atom is -0.325 e. The van der Waals surface area contributed by atoms with Crippen LogP contribution in [0.3, 0.4) is 0 Å². The van der Waals surface area contributed by atoms with Crippen molar-refractivity contribution in [3.63, 3.8) is 0 Å². The highest BCUT2D eigenvalue weighted by molar-refractivity contribution is 9.10. The molecule has 134 valence electrons. The zero-order chi connectivity index (χ0) is 18.6. The molecule has 0 heterocycles. The number of carbonyl (C=O) groups is 1. The Bertz CT molecular complexity index is 875. The second-order valence-electron chi connectivity index (χ2n) is 5.33. The highest BCUT2D eigenvalue weighted by Crippen LogP contribution is 2.19. The molecule has 0 fully saturated rings. The number of nitrogens with one attached hydrogen (secondary N) is 1. The fourth-order valence-corrected chi connectivity index (χ4v) is 3.20. The first-order valence-electron chi connectivity index (χ1n) is 7.09. The Morgan fingerprint density at radius 2 is 1.88 bits per heavy atom. The van der Waals surface area contributed by atoms with Crippen molar-refractivity contribution in [2.75, 3.05) is 18.1 Å². The monoisotopic (exact) mass is 448 g/mol. The molecule has 0 unspecified atom stereocenters. The molecule has 0 spiro atoms. The molecule has 2 aromatic rings. The summed E-state index contributed by atoms with van der Waals surface area (Å²) in [6.07, 6.45) is 1.04. The molecular weight excluding hydrogens is 435 g/mol. The Balaban J connectivity index is 2.09. The van der Waals surface area contributed by atoms with E-state index >= 15 is 0 Å². The van der Waals surface area contributed by atoms with Gasteiger partial charge in [0.25, 0.3) is 0 Å². The van der Waals surface area contributed by atoms with Crippen LogP contribution in [-0.2, 0) is 21.4 Å². The molecule has 2 aromatic carbocycles. The number of sulfonamides is 1. The Labute approximate surface area is 159 Å². The van der Waals surface area contributed by atoms with E-state index < -0.39 is 21.7 Å². The van der Waals surface area contributed by atoms with Crippen molar-refractivity contribution in [1.29, 1.82) is 0 Å². The SMILES string of the molecule is CS(=O)(=O)N(CC(=O)Nc1ccc(F)c(Cl)c1)Cc1ccc(Br)cc1. The molecule has 0 aliphatic heterocycles. The van der Waals surface area contributed by atoms with E-state index in [4.69, 9.17) is 11.6 Å². The molecule has 2 rings (SSSR count). The number of hydrogen-bond donors (Lipinski definition) is 1. The maximum absolute atomic E-state index is 13.1. The van der Waals surface area contributed by atoms with Gasteiger partial charge in [-0.3, -0.25) is 4.79 Å². The lowest BCUT2D eigenvalue weighted by Crippen LogP contribution is -2.36. The maximum atomic E-state index is 13.1. The van der Waals surface area contributed by atoms with E-state index in [-0.39, 0.29) is 23.8 Å². The molecule has 5 nitrogen and oxygen atoms in total. The number of nitrogens with zero attached hydrogens (tertiary/aromatic N) is 1. The molecule has 0 atom stereocenters. The number of amides is 1. The zero-order valence-corrected chi connectivity index (χ0v) is 16.3. The molecule has 0 bridgehead atoms. The standard InChI is InChI=1S/C16H15BrClFN2O3S/c1-25(23,24)21(9-11-2-4-12(17)5-3-11)10-16(22)20-13-6-7-15(19)14(18)8-13/h2-8H,9-10H2,1H3,(H,20,22). The van der Waals surface area contributed by atoms with Crippen molar-refractivity contribution < 1.29 is 17.6 Å². The Hall–Kier alpha value is -1.48. The minimum atomic E-state index is -3.60. The lowest BCUT2D eigenvalue weighted by Gasteiger charge is -2.19. The fraction of sp³-hybridized carbons (Fsp3) is 0.188. The summed E-state index contributed by atoms with van der Waals surface area (Å²) >= 11 is 8.97. The largest absolute Gasteiger partial charge is 0.325 e. The van der Waals surface area contributed by atoms with E-state index in [0.717, 1.165) is 26.7 Å². The third kappa shape index (κ3) is 6.07. The van der Waals surface area contributed by atoms with Crippen LogP contribution in [0.2, 0.25) is 5.02 Å². The fourth-order valence-electron chi connectivity index (χ4n) is 2.02. The van der Waals surface area contributed by atoms with E-state index in [1.165, 1.54) is 12.1 Å². The van der Waals surface area contributed by atoms with Gasteiger partial charge in [-0.25, -0.2) is 12.8 Å². The maximum Gasteiger partial charge on any atom is 0.239 e.